The predicted octanol–water partition coefficient (Wildman–Crippen LogP) is 5.18. The molecule has 0 N–H and O–H groups in total. The van der Waals surface area contributed by atoms with Crippen LogP contribution >= 0.6 is 0 Å². The monoisotopic (exact) mass is 314 g/mol. The summed E-state index contributed by atoms with van der Waals surface area (Å²) in [4.78, 5) is 0. The second-order valence-corrected chi connectivity index (χ2v) is 8.71. The van der Waals surface area contributed by atoms with E-state index in [9.17, 15) is 0 Å². The normalized spacial score (nSPS) is 21.8. The summed E-state index contributed by atoms with van der Waals surface area (Å²) in [5.74, 6) is -0.495. The van der Waals surface area contributed by atoms with Gasteiger partial charge in [0, 0.05) is 26.1 Å². The Morgan fingerprint density at radius 3 is 1.68 bits per heavy atom. The minimum atomic E-state index is -0.495. The Labute approximate surface area is 138 Å². The Morgan fingerprint density at radius 1 is 0.864 bits per heavy atom. The summed E-state index contributed by atoms with van der Waals surface area (Å²) in [5.41, 5.74) is -0.232. The SMILES string of the molecule is CCCOC1(OCCC)CCOC(C(C)(C)C)(C(C)(C)C)C1. The van der Waals surface area contributed by atoms with E-state index < -0.39 is 5.79 Å². The molecule has 1 saturated heterocycles. The van der Waals surface area contributed by atoms with E-state index in [4.69, 9.17) is 14.2 Å². The Balaban J connectivity index is 3.16. The van der Waals surface area contributed by atoms with Crippen molar-refractivity contribution in [3.05, 3.63) is 0 Å². The van der Waals surface area contributed by atoms with Crippen LogP contribution in [-0.2, 0) is 14.2 Å². The van der Waals surface area contributed by atoms with Gasteiger partial charge >= 0.3 is 0 Å². The first kappa shape index (κ1) is 19.9. The molecule has 0 aromatic carbocycles. The van der Waals surface area contributed by atoms with Gasteiger partial charge in [0.2, 0.25) is 0 Å². The van der Waals surface area contributed by atoms with Crippen molar-refractivity contribution in [1.82, 2.24) is 0 Å². The molecule has 132 valence electrons. The molecular weight excluding hydrogens is 276 g/mol. The highest BCUT2D eigenvalue weighted by Gasteiger charge is 2.58. The van der Waals surface area contributed by atoms with E-state index in [0.717, 1.165) is 38.9 Å². The number of ether oxygens (including phenoxy) is 3. The molecule has 0 atom stereocenters. The van der Waals surface area contributed by atoms with Gasteiger partial charge in [0.1, 0.15) is 0 Å². The summed E-state index contributed by atoms with van der Waals surface area (Å²) < 4.78 is 19.0. The zero-order chi connectivity index (χ0) is 17.1. The van der Waals surface area contributed by atoms with Gasteiger partial charge in [-0.1, -0.05) is 55.4 Å². The molecule has 22 heavy (non-hydrogen) atoms. The topological polar surface area (TPSA) is 27.7 Å². The van der Waals surface area contributed by atoms with Crippen LogP contribution in [0.5, 0.6) is 0 Å². The molecule has 0 amide bonds. The van der Waals surface area contributed by atoms with Crippen molar-refractivity contribution in [1.29, 1.82) is 0 Å². The van der Waals surface area contributed by atoms with Crippen LogP contribution in [0.4, 0.5) is 0 Å². The van der Waals surface area contributed by atoms with Crippen molar-refractivity contribution < 1.29 is 14.2 Å². The number of hydrogen-bond donors (Lipinski definition) is 0. The lowest BCUT2D eigenvalue weighted by Crippen LogP contribution is -2.63. The Kier molecular flexibility index (Phi) is 6.51. The highest BCUT2D eigenvalue weighted by atomic mass is 16.7. The lowest BCUT2D eigenvalue weighted by atomic mass is 9.58. The Morgan fingerprint density at radius 2 is 1.32 bits per heavy atom. The fraction of sp³-hybridized carbons (Fsp3) is 1.00. The van der Waals surface area contributed by atoms with E-state index in [1.165, 1.54) is 0 Å². The van der Waals surface area contributed by atoms with Crippen LogP contribution < -0.4 is 0 Å². The zero-order valence-electron chi connectivity index (χ0n) is 16.2. The molecule has 1 aliphatic rings. The first-order valence-corrected chi connectivity index (χ1v) is 8.95. The summed E-state index contributed by atoms with van der Waals surface area (Å²) in [6.45, 7) is 20.1. The molecule has 0 unspecified atom stereocenters. The number of hydrogen-bond acceptors (Lipinski definition) is 3. The lowest BCUT2D eigenvalue weighted by molar-refractivity contribution is -0.331. The molecule has 1 rings (SSSR count). The third kappa shape index (κ3) is 4.04. The third-order valence-corrected chi connectivity index (χ3v) is 4.91. The minimum absolute atomic E-state index is 0.0159. The molecule has 0 saturated carbocycles. The molecule has 0 spiro atoms. The Hall–Kier alpha value is -0.120. The first-order chi connectivity index (χ1) is 10.0. The van der Waals surface area contributed by atoms with Crippen LogP contribution in [0.1, 0.15) is 81.1 Å². The van der Waals surface area contributed by atoms with Gasteiger partial charge in [-0.3, -0.25) is 0 Å². The lowest BCUT2D eigenvalue weighted by Gasteiger charge is -2.59. The maximum Gasteiger partial charge on any atom is 0.173 e. The first-order valence-electron chi connectivity index (χ1n) is 8.95. The molecule has 1 aliphatic heterocycles. The third-order valence-electron chi connectivity index (χ3n) is 4.91. The summed E-state index contributed by atoms with van der Waals surface area (Å²) in [7, 11) is 0. The van der Waals surface area contributed by atoms with E-state index in [2.05, 4.69) is 55.4 Å². The van der Waals surface area contributed by atoms with E-state index in [-0.39, 0.29) is 16.4 Å². The van der Waals surface area contributed by atoms with Crippen molar-refractivity contribution >= 4 is 0 Å². The van der Waals surface area contributed by atoms with E-state index in [1.807, 2.05) is 0 Å². The molecule has 3 nitrogen and oxygen atoms in total. The van der Waals surface area contributed by atoms with Crippen LogP contribution in [0.3, 0.4) is 0 Å². The van der Waals surface area contributed by atoms with Crippen molar-refractivity contribution in [2.24, 2.45) is 10.8 Å². The Bertz CT molecular complexity index is 314. The quantitative estimate of drug-likeness (QED) is 0.632. The largest absolute Gasteiger partial charge is 0.373 e. The fourth-order valence-electron chi connectivity index (χ4n) is 3.85. The van der Waals surface area contributed by atoms with Crippen molar-refractivity contribution in [3.8, 4) is 0 Å². The minimum Gasteiger partial charge on any atom is -0.373 e. The van der Waals surface area contributed by atoms with E-state index >= 15 is 0 Å². The second-order valence-electron chi connectivity index (χ2n) is 8.71. The standard InChI is InChI=1S/C19H38O3/c1-9-12-20-18(21-13-10-2)11-14-22-19(15-18,16(3,4)5)17(6,7)8/h9-15H2,1-8H3. The van der Waals surface area contributed by atoms with Gasteiger partial charge in [0.15, 0.2) is 5.79 Å². The molecule has 0 aromatic rings. The van der Waals surface area contributed by atoms with Crippen molar-refractivity contribution in [3.63, 3.8) is 0 Å². The second kappa shape index (κ2) is 7.19. The zero-order valence-corrected chi connectivity index (χ0v) is 16.2. The van der Waals surface area contributed by atoms with Crippen LogP contribution in [0.15, 0.2) is 0 Å². The average molecular weight is 315 g/mol. The highest BCUT2D eigenvalue weighted by Crippen LogP contribution is 2.54. The predicted molar refractivity (Wildman–Crippen MR) is 92.0 cm³/mol. The molecule has 0 bridgehead atoms. The van der Waals surface area contributed by atoms with Gasteiger partial charge in [-0.05, 0) is 23.7 Å². The summed E-state index contributed by atoms with van der Waals surface area (Å²) >= 11 is 0. The molecule has 3 heteroatoms. The number of rotatable bonds is 6. The maximum absolute atomic E-state index is 6.45. The summed E-state index contributed by atoms with van der Waals surface area (Å²) in [6.07, 6.45) is 3.64. The summed E-state index contributed by atoms with van der Waals surface area (Å²) in [5, 5.41) is 0. The average Bonchev–Trinajstić information content (AvgIpc) is 2.41. The van der Waals surface area contributed by atoms with Crippen LogP contribution in [0.25, 0.3) is 0 Å². The molecule has 1 heterocycles. The maximum atomic E-state index is 6.45. The highest BCUT2D eigenvalue weighted by molar-refractivity contribution is 5.06. The van der Waals surface area contributed by atoms with Gasteiger partial charge in [0.25, 0.3) is 0 Å². The van der Waals surface area contributed by atoms with Crippen molar-refractivity contribution in [2.45, 2.75) is 92.5 Å². The van der Waals surface area contributed by atoms with Gasteiger partial charge < -0.3 is 14.2 Å². The van der Waals surface area contributed by atoms with Crippen LogP contribution in [-0.4, -0.2) is 31.2 Å². The fourth-order valence-corrected chi connectivity index (χ4v) is 3.85. The molecule has 0 aromatic heterocycles. The smallest absolute Gasteiger partial charge is 0.173 e. The van der Waals surface area contributed by atoms with Gasteiger partial charge in [-0.15, -0.1) is 0 Å². The molecule has 0 aliphatic carbocycles. The van der Waals surface area contributed by atoms with Crippen LogP contribution in [0, 0.1) is 10.8 Å². The molecular formula is C19H38O3. The van der Waals surface area contributed by atoms with Gasteiger partial charge in [0.05, 0.1) is 12.2 Å². The van der Waals surface area contributed by atoms with Crippen molar-refractivity contribution in [2.75, 3.05) is 19.8 Å². The van der Waals surface area contributed by atoms with Gasteiger partial charge in [-0.2, -0.15) is 0 Å². The molecule has 0 radical (unpaired) electrons. The van der Waals surface area contributed by atoms with E-state index in [1.54, 1.807) is 0 Å². The van der Waals surface area contributed by atoms with Gasteiger partial charge in [-0.25, -0.2) is 0 Å². The van der Waals surface area contributed by atoms with E-state index in [0.29, 0.717) is 6.61 Å². The summed E-state index contributed by atoms with van der Waals surface area (Å²) in [6, 6.07) is 0. The molecule has 1 fully saturated rings. The van der Waals surface area contributed by atoms with Crippen LogP contribution in [0.2, 0.25) is 0 Å².